The number of carbonyl (C=O) groups excluding carboxylic acids is 1. The molecule has 0 saturated carbocycles. The zero-order chi connectivity index (χ0) is 14.7. The average molecular weight is 293 g/mol. The molecule has 0 unspecified atom stereocenters. The minimum absolute atomic E-state index is 0.271. The first-order valence-corrected chi connectivity index (χ1v) is 6.86. The van der Waals surface area contributed by atoms with Crippen LogP contribution in [0.5, 0.6) is 0 Å². The number of carbonyl (C=O) groups is 1. The van der Waals surface area contributed by atoms with Crippen LogP contribution in [-0.4, -0.2) is 23.1 Å². The lowest BCUT2D eigenvalue weighted by Crippen LogP contribution is -2.29. The lowest BCUT2D eigenvalue weighted by Gasteiger charge is -2.13. The van der Waals surface area contributed by atoms with Crippen LogP contribution in [-0.2, 0) is 0 Å². The van der Waals surface area contributed by atoms with E-state index in [1.807, 2.05) is 0 Å². The molecule has 4 nitrogen and oxygen atoms in total. The molecular weight excluding hydrogens is 280 g/mol. The van der Waals surface area contributed by atoms with Gasteiger partial charge in [0.15, 0.2) is 0 Å². The van der Waals surface area contributed by atoms with Crippen LogP contribution in [0.1, 0.15) is 28.2 Å². The van der Waals surface area contributed by atoms with Gasteiger partial charge in [0, 0.05) is 0 Å². The molecule has 1 aromatic carbocycles. The van der Waals surface area contributed by atoms with Crippen LogP contribution in [0.2, 0.25) is 0 Å². The highest BCUT2D eigenvalue weighted by molar-refractivity contribution is 7.13. The molecule has 2 aromatic rings. The van der Waals surface area contributed by atoms with E-state index in [4.69, 9.17) is 10.0 Å². The second-order valence-electron chi connectivity index (χ2n) is 4.36. The summed E-state index contributed by atoms with van der Waals surface area (Å²) in [7, 11) is -1.58. The van der Waals surface area contributed by atoms with Crippen LogP contribution in [0, 0.1) is 5.82 Å². The molecule has 1 atom stereocenters. The summed E-state index contributed by atoms with van der Waals surface area (Å²) in [4.78, 5) is 12.4. The Morgan fingerprint density at radius 1 is 1.35 bits per heavy atom. The quantitative estimate of drug-likeness (QED) is 0.738. The lowest BCUT2D eigenvalue weighted by molar-refractivity contribution is 0.0944. The Labute approximate surface area is 120 Å². The summed E-state index contributed by atoms with van der Waals surface area (Å²) in [5.41, 5.74) is 1.08. The molecule has 3 N–H and O–H groups in total. The Kier molecular flexibility index (Phi) is 4.54. The van der Waals surface area contributed by atoms with Crippen molar-refractivity contribution in [2.24, 2.45) is 0 Å². The third kappa shape index (κ3) is 3.44. The number of hydrogen-bond donors (Lipinski definition) is 3. The number of nitrogens with one attached hydrogen (secondary N) is 1. The maximum absolute atomic E-state index is 12.8. The lowest BCUT2D eigenvalue weighted by atomic mass is 9.83. The van der Waals surface area contributed by atoms with Gasteiger partial charge in [-0.25, -0.2) is 4.39 Å². The maximum atomic E-state index is 12.8. The van der Waals surface area contributed by atoms with E-state index >= 15 is 0 Å². The minimum Gasteiger partial charge on any atom is -0.423 e. The van der Waals surface area contributed by atoms with E-state index in [0.717, 1.165) is 16.9 Å². The van der Waals surface area contributed by atoms with Crippen LogP contribution in [0.3, 0.4) is 0 Å². The standard InChI is InChI=1S/C13H13BFNO3S/c1-8(9-2-4-11(15)5-3-9)16-13(17)12-6-10(7-20-12)14(18)19/h2-8,18-19H,1H3,(H,16,17)/t8-/m0/s1. The Hall–Kier alpha value is -1.70. The first-order chi connectivity index (χ1) is 9.47. The Morgan fingerprint density at radius 3 is 2.55 bits per heavy atom. The van der Waals surface area contributed by atoms with Crippen molar-refractivity contribution in [3.63, 3.8) is 0 Å². The Morgan fingerprint density at radius 2 is 2.00 bits per heavy atom. The van der Waals surface area contributed by atoms with E-state index in [1.165, 1.54) is 23.6 Å². The van der Waals surface area contributed by atoms with E-state index in [1.54, 1.807) is 19.1 Å². The summed E-state index contributed by atoms with van der Waals surface area (Å²) in [6.07, 6.45) is 0. The summed E-state index contributed by atoms with van der Waals surface area (Å²) in [5.74, 6) is -0.633. The van der Waals surface area contributed by atoms with Gasteiger partial charge in [0.1, 0.15) is 5.82 Å². The molecule has 104 valence electrons. The van der Waals surface area contributed by atoms with Gasteiger partial charge in [0.25, 0.3) is 5.91 Å². The first kappa shape index (κ1) is 14.7. The number of benzene rings is 1. The van der Waals surface area contributed by atoms with Crippen LogP contribution >= 0.6 is 11.3 Å². The summed E-state index contributed by atoms with van der Waals surface area (Å²) < 4.78 is 12.8. The van der Waals surface area contributed by atoms with Crippen molar-refractivity contribution in [1.82, 2.24) is 5.32 Å². The molecule has 7 heteroatoms. The maximum Gasteiger partial charge on any atom is 0.489 e. The normalized spacial score (nSPS) is 12.0. The van der Waals surface area contributed by atoms with E-state index in [9.17, 15) is 9.18 Å². The van der Waals surface area contributed by atoms with Crippen LogP contribution in [0.15, 0.2) is 35.7 Å². The summed E-state index contributed by atoms with van der Waals surface area (Å²) >= 11 is 1.13. The molecule has 0 aliphatic rings. The molecule has 2 rings (SSSR count). The van der Waals surface area contributed by atoms with Crippen LogP contribution in [0.4, 0.5) is 4.39 Å². The van der Waals surface area contributed by atoms with Gasteiger partial charge in [0.2, 0.25) is 0 Å². The highest BCUT2D eigenvalue weighted by atomic mass is 32.1. The SMILES string of the molecule is C[C@H](NC(=O)c1cc(B(O)O)cs1)c1ccc(F)cc1. The van der Waals surface area contributed by atoms with E-state index in [-0.39, 0.29) is 23.2 Å². The highest BCUT2D eigenvalue weighted by Crippen LogP contribution is 2.15. The zero-order valence-corrected chi connectivity index (χ0v) is 11.5. The van der Waals surface area contributed by atoms with Crippen LogP contribution in [0.25, 0.3) is 0 Å². The smallest absolute Gasteiger partial charge is 0.423 e. The molecule has 1 heterocycles. The van der Waals surface area contributed by atoms with E-state index in [2.05, 4.69) is 5.32 Å². The largest absolute Gasteiger partial charge is 0.489 e. The molecule has 20 heavy (non-hydrogen) atoms. The number of amides is 1. The summed E-state index contributed by atoms with van der Waals surface area (Å²) in [5, 5.41) is 22.3. The van der Waals surface area contributed by atoms with Crippen molar-refractivity contribution >= 4 is 29.8 Å². The van der Waals surface area contributed by atoms with Gasteiger partial charge in [-0.1, -0.05) is 12.1 Å². The van der Waals surface area contributed by atoms with Crippen molar-refractivity contribution in [1.29, 1.82) is 0 Å². The molecule has 0 radical (unpaired) electrons. The summed E-state index contributed by atoms with van der Waals surface area (Å²) in [6.45, 7) is 1.79. The second-order valence-corrected chi connectivity index (χ2v) is 5.28. The van der Waals surface area contributed by atoms with Gasteiger partial charge < -0.3 is 15.4 Å². The number of rotatable bonds is 4. The van der Waals surface area contributed by atoms with Crippen molar-refractivity contribution in [2.75, 3.05) is 0 Å². The molecule has 0 bridgehead atoms. The van der Waals surface area contributed by atoms with Gasteiger partial charge in [-0.3, -0.25) is 4.79 Å². The van der Waals surface area contributed by atoms with E-state index < -0.39 is 7.12 Å². The molecule has 0 fully saturated rings. The minimum atomic E-state index is -1.58. The number of halogens is 1. The molecule has 0 aliphatic heterocycles. The van der Waals surface area contributed by atoms with Crippen molar-refractivity contribution in [3.8, 4) is 0 Å². The fourth-order valence-electron chi connectivity index (χ4n) is 1.71. The third-order valence-electron chi connectivity index (χ3n) is 2.86. The Balaban J connectivity index is 2.04. The molecule has 0 aliphatic carbocycles. The van der Waals surface area contributed by atoms with E-state index in [0.29, 0.717) is 4.88 Å². The third-order valence-corrected chi connectivity index (χ3v) is 3.81. The molecular formula is C13H13BFNO3S. The van der Waals surface area contributed by atoms with Gasteiger partial charge in [-0.2, -0.15) is 0 Å². The molecule has 1 aromatic heterocycles. The predicted molar refractivity (Wildman–Crippen MR) is 76.4 cm³/mol. The fraction of sp³-hybridized carbons (Fsp3) is 0.154. The predicted octanol–water partition coefficient (Wildman–Crippen LogP) is 1.06. The monoisotopic (exact) mass is 293 g/mol. The topological polar surface area (TPSA) is 69.6 Å². The first-order valence-electron chi connectivity index (χ1n) is 5.98. The molecule has 0 spiro atoms. The highest BCUT2D eigenvalue weighted by Gasteiger charge is 2.18. The van der Waals surface area contributed by atoms with Crippen molar-refractivity contribution in [2.45, 2.75) is 13.0 Å². The Bertz CT molecular complexity index is 600. The van der Waals surface area contributed by atoms with Gasteiger partial charge in [0.05, 0.1) is 10.9 Å². The summed E-state index contributed by atoms with van der Waals surface area (Å²) in [6, 6.07) is 7.05. The molecule has 1 amide bonds. The molecule has 0 saturated heterocycles. The van der Waals surface area contributed by atoms with Gasteiger partial charge >= 0.3 is 7.12 Å². The average Bonchev–Trinajstić information content (AvgIpc) is 2.89. The number of hydrogen-bond acceptors (Lipinski definition) is 4. The van der Waals surface area contributed by atoms with Crippen molar-refractivity contribution < 1.29 is 19.2 Å². The van der Waals surface area contributed by atoms with Crippen LogP contribution < -0.4 is 10.8 Å². The van der Waals surface area contributed by atoms with Gasteiger partial charge in [-0.15, -0.1) is 11.3 Å². The van der Waals surface area contributed by atoms with Gasteiger partial charge in [-0.05, 0) is 41.5 Å². The fourth-order valence-corrected chi connectivity index (χ4v) is 2.53. The second kappa shape index (κ2) is 6.17. The van der Waals surface area contributed by atoms with Crippen molar-refractivity contribution in [3.05, 3.63) is 52.0 Å². The number of thiophene rings is 1. The zero-order valence-electron chi connectivity index (χ0n) is 10.7.